The van der Waals surface area contributed by atoms with Crippen LogP contribution in [0, 0.1) is 0 Å². The molecule has 0 aliphatic heterocycles. The number of ether oxygens (including phenoxy) is 3. The molecule has 77 heavy (non-hydrogen) atoms. The van der Waals surface area contributed by atoms with Crippen LogP contribution in [0.15, 0.2) is 146 Å². The van der Waals surface area contributed by atoms with Crippen LogP contribution in [0.1, 0.15) is 265 Å². The first-order chi connectivity index (χ1) is 38.0. The molecule has 0 rings (SSSR count). The minimum absolute atomic E-state index is 0.104. The molecule has 0 spiro atoms. The van der Waals surface area contributed by atoms with Gasteiger partial charge in [-0.1, -0.05) is 276 Å². The van der Waals surface area contributed by atoms with E-state index in [4.69, 9.17) is 14.2 Å². The van der Waals surface area contributed by atoms with Crippen LogP contribution in [0.3, 0.4) is 0 Å². The highest BCUT2D eigenvalue weighted by Gasteiger charge is 2.19. The van der Waals surface area contributed by atoms with E-state index in [2.05, 4.69) is 167 Å². The molecule has 0 aliphatic rings. The molecule has 0 heterocycles. The van der Waals surface area contributed by atoms with Gasteiger partial charge in [0.05, 0.1) is 0 Å². The Bertz CT molecular complexity index is 1700. The molecule has 434 valence electrons. The summed E-state index contributed by atoms with van der Waals surface area (Å²) in [7, 11) is 0. The molecule has 0 aromatic rings. The lowest BCUT2D eigenvalue weighted by Gasteiger charge is -2.18. The fourth-order valence-corrected chi connectivity index (χ4v) is 8.22. The lowest BCUT2D eigenvalue weighted by atomic mass is 10.0. The molecule has 1 atom stereocenters. The molecule has 6 nitrogen and oxygen atoms in total. The van der Waals surface area contributed by atoms with Gasteiger partial charge in [0.2, 0.25) is 0 Å². The highest BCUT2D eigenvalue weighted by Crippen LogP contribution is 2.15. The lowest BCUT2D eigenvalue weighted by Crippen LogP contribution is -2.30. The maximum atomic E-state index is 12.9. The smallest absolute Gasteiger partial charge is 0.306 e. The van der Waals surface area contributed by atoms with Gasteiger partial charge in [0.15, 0.2) is 6.10 Å². The molecule has 0 aliphatic carbocycles. The van der Waals surface area contributed by atoms with E-state index in [1.807, 2.05) is 0 Å². The van der Waals surface area contributed by atoms with Crippen LogP contribution in [0.4, 0.5) is 0 Å². The summed E-state index contributed by atoms with van der Waals surface area (Å²) in [5.74, 6) is -0.977. The molecule has 0 saturated carbocycles. The van der Waals surface area contributed by atoms with E-state index >= 15 is 0 Å². The first-order valence-electron chi connectivity index (χ1n) is 31.3. The molecule has 1 unspecified atom stereocenters. The third kappa shape index (κ3) is 62.0. The Hall–Kier alpha value is -4.71. The molecule has 0 N–H and O–H groups in total. The van der Waals surface area contributed by atoms with Crippen LogP contribution >= 0.6 is 0 Å². The van der Waals surface area contributed by atoms with Crippen LogP contribution in [-0.4, -0.2) is 37.2 Å². The highest BCUT2D eigenvalue weighted by atomic mass is 16.6. The van der Waals surface area contributed by atoms with Gasteiger partial charge in [0.25, 0.3) is 0 Å². The molecule has 0 amide bonds. The van der Waals surface area contributed by atoms with Crippen LogP contribution in [0.25, 0.3) is 0 Å². The normalized spacial score (nSPS) is 13.1. The average Bonchev–Trinajstić information content (AvgIpc) is 3.43. The number of esters is 3. The molecule has 0 bridgehead atoms. The maximum absolute atomic E-state index is 12.9. The number of rotatable bonds is 55. The second-order valence-electron chi connectivity index (χ2n) is 20.2. The summed E-state index contributed by atoms with van der Waals surface area (Å²) in [6, 6.07) is 0. The molecular formula is C71H114O6. The predicted molar refractivity (Wildman–Crippen MR) is 334 cm³/mol. The predicted octanol–water partition coefficient (Wildman–Crippen LogP) is 21.5. The minimum Gasteiger partial charge on any atom is -0.462 e. The Morgan fingerprint density at radius 2 is 0.519 bits per heavy atom. The van der Waals surface area contributed by atoms with E-state index in [1.165, 1.54) is 83.5 Å². The summed E-state index contributed by atoms with van der Waals surface area (Å²) in [6.45, 7) is 6.36. The summed E-state index contributed by atoms with van der Waals surface area (Å²) in [6.07, 6.45) is 91.3. The molecule has 0 aromatic carbocycles. The number of hydrogen-bond donors (Lipinski definition) is 0. The average molecular weight is 1060 g/mol. The number of carbonyl (C=O) groups is 3. The maximum Gasteiger partial charge on any atom is 0.306 e. The highest BCUT2D eigenvalue weighted by molar-refractivity contribution is 5.71. The third-order valence-electron chi connectivity index (χ3n) is 12.8. The van der Waals surface area contributed by atoms with Crippen molar-refractivity contribution in [3.8, 4) is 0 Å². The van der Waals surface area contributed by atoms with Crippen LogP contribution in [-0.2, 0) is 28.6 Å². The minimum atomic E-state index is -0.814. The van der Waals surface area contributed by atoms with Crippen molar-refractivity contribution in [2.24, 2.45) is 0 Å². The van der Waals surface area contributed by atoms with Crippen molar-refractivity contribution in [1.29, 1.82) is 0 Å². The monoisotopic (exact) mass is 1060 g/mol. The van der Waals surface area contributed by atoms with Crippen molar-refractivity contribution < 1.29 is 28.6 Å². The van der Waals surface area contributed by atoms with E-state index in [0.29, 0.717) is 19.3 Å². The zero-order valence-electron chi connectivity index (χ0n) is 49.7. The molecule has 0 radical (unpaired) electrons. The van der Waals surface area contributed by atoms with Gasteiger partial charge in [0, 0.05) is 19.3 Å². The summed E-state index contributed by atoms with van der Waals surface area (Å²) < 4.78 is 16.9. The van der Waals surface area contributed by atoms with Crippen molar-refractivity contribution in [3.63, 3.8) is 0 Å². The standard InChI is InChI=1S/C71H114O6/c1-4-7-10-13-16-19-22-25-27-29-31-33-35-37-39-41-43-46-49-52-55-58-61-64-70(73)76-67-68(66-75-69(72)63-60-57-54-51-48-45-24-21-18-15-12-9-6-3)77-71(74)65-62-59-56-53-50-47-44-42-40-38-36-34-32-30-28-26-23-20-17-14-11-8-5-2/h7-8,10-11,16-17,19-20,25-28,31-34,37-40,43,46,52,55,68H,4-6,9,12-15,18,21-24,29-30,35-36,41-42,44-45,47-51,53-54,56-67H2,1-3H3/b10-7-,11-8-,19-16-,20-17-,27-25-,28-26-,33-31-,34-32-,39-37-,40-38-,46-43-,55-52-. The van der Waals surface area contributed by atoms with Crippen molar-refractivity contribution in [1.82, 2.24) is 0 Å². The molecule has 6 heteroatoms. The first-order valence-corrected chi connectivity index (χ1v) is 31.3. The van der Waals surface area contributed by atoms with Gasteiger partial charge < -0.3 is 14.2 Å². The van der Waals surface area contributed by atoms with Crippen LogP contribution in [0.2, 0.25) is 0 Å². The number of unbranched alkanes of at least 4 members (excludes halogenated alkanes) is 20. The Morgan fingerprint density at radius 1 is 0.273 bits per heavy atom. The van der Waals surface area contributed by atoms with Gasteiger partial charge in [-0.2, -0.15) is 0 Å². The van der Waals surface area contributed by atoms with E-state index in [9.17, 15) is 14.4 Å². The molecule has 0 aromatic heterocycles. The fourth-order valence-electron chi connectivity index (χ4n) is 8.22. The summed E-state index contributed by atoms with van der Waals surface area (Å²) in [5.41, 5.74) is 0. The van der Waals surface area contributed by atoms with Crippen molar-refractivity contribution in [2.45, 2.75) is 271 Å². The van der Waals surface area contributed by atoms with Crippen molar-refractivity contribution in [2.75, 3.05) is 13.2 Å². The number of carbonyl (C=O) groups excluding carboxylic acids is 3. The number of allylic oxidation sites excluding steroid dienone is 24. The summed E-state index contributed by atoms with van der Waals surface area (Å²) in [4.78, 5) is 38.3. The first kappa shape index (κ1) is 72.3. The van der Waals surface area contributed by atoms with Crippen LogP contribution < -0.4 is 0 Å². The number of hydrogen-bond acceptors (Lipinski definition) is 6. The van der Waals surface area contributed by atoms with Gasteiger partial charge in [-0.15, -0.1) is 0 Å². The topological polar surface area (TPSA) is 78.9 Å². The van der Waals surface area contributed by atoms with Gasteiger partial charge in [0.1, 0.15) is 13.2 Å². The van der Waals surface area contributed by atoms with Crippen LogP contribution in [0.5, 0.6) is 0 Å². The van der Waals surface area contributed by atoms with E-state index in [-0.39, 0.29) is 37.5 Å². The van der Waals surface area contributed by atoms with E-state index in [0.717, 1.165) is 135 Å². The van der Waals surface area contributed by atoms with Gasteiger partial charge >= 0.3 is 17.9 Å². The second-order valence-corrected chi connectivity index (χ2v) is 20.2. The van der Waals surface area contributed by atoms with Crippen molar-refractivity contribution in [3.05, 3.63) is 146 Å². The quantitative estimate of drug-likeness (QED) is 0.0261. The Kier molecular flexibility index (Phi) is 59.9. The Morgan fingerprint density at radius 3 is 0.844 bits per heavy atom. The zero-order chi connectivity index (χ0) is 55.7. The third-order valence-corrected chi connectivity index (χ3v) is 12.8. The van der Waals surface area contributed by atoms with Gasteiger partial charge in [-0.3, -0.25) is 14.4 Å². The Balaban J connectivity index is 4.49. The lowest BCUT2D eigenvalue weighted by molar-refractivity contribution is -0.167. The van der Waals surface area contributed by atoms with Crippen molar-refractivity contribution >= 4 is 17.9 Å². The second kappa shape index (κ2) is 63.8. The molecular weight excluding hydrogens is 949 g/mol. The van der Waals surface area contributed by atoms with E-state index < -0.39 is 6.10 Å². The molecule has 0 fully saturated rings. The van der Waals surface area contributed by atoms with Gasteiger partial charge in [-0.25, -0.2) is 0 Å². The summed E-state index contributed by atoms with van der Waals surface area (Å²) >= 11 is 0. The van der Waals surface area contributed by atoms with Gasteiger partial charge in [-0.05, 0) is 116 Å². The largest absolute Gasteiger partial charge is 0.462 e. The molecule has 0 saturated heterocycles. The van der Waals surface area contributed by atoms with E-state index in [1.54, 1.807) is 0 Å². The Labute approximate surface area is 474 Å². The zero-order valence-corrected chi connectivity index (χ0v) is 49.7. The SMILES string of the molecule is CC/C=C\C/C=C\C/C=C\C/C=C\C/C=C\C/C=C\C/C=C\CCCC(=O)OCC(COC(=O)CCCCCCCCCCCCCCC)OC(=O)CCCCCCCCC/C=C\C/C=C\C/C=C\C/C=C\C/C=C\CC. The fraction of sp³-hybridized carbons (Fsp3) is 0.620. The summed E-state index contributed by atoms with van der Waals surface area (Å²) in [5, 5.41) is 0.